The first-order chi connectivity index (χ1) is 22.3. The molecule has 0 saturated heterocycles. The first-order valence-corrected chi connectivity index (χ1v) is 15.4. The van der Waals surface area contributed by atoms with E-state index in [0.717, 1.165) is 33.3 Å². The number of hydrogen-bond donors (Lipinski definition) is 0. The summed E-state index contributed by atoms with van der Waals surface area (Å²) < 4.78 is 10.9. The van der Waals surface area contributed by atoms with Crippen LogP contribution in [0.3, 0.4) is 0 Å². The fourth-order valence-electron chi connectivity index (χ4n) is 7.29. The number of benzene rings is 7. The van der Waals surface area contributed by atoms with Crippen molar-refractivity contribution in [3.05, 3.63) is 158 Å². The summed E-state index contributed by atoms with van der Waals surface area (Å²) in [6.07, 6.45) is 0. The molecule has 0 spiro atoms. The Morgan fingerprint density at radius 1 is 0.311 bits per heavy atom. The number of rotatable bonds is 3. The first-order valence-electron chi connectivity index (χ1n) is 15.4. The zero-order valence-electron chi connectivity index (χ0n) is 24.3. The molecule has 7 aromatic carbocycles. The van der Waals surface area contributed by atoms with Gasteiger partial charge in [0.2, 0.25) is 0 Å². The highest BCUT2D eigenvalue weighted by molar-refractivity contribution is 6.12. The largest absolute Gasteiger partial charge is 0.456 e. The van der Waals surface area contributed by atoms with E-state index in [1.54, 1.807) is 0 Å². The van der Waals surface area contributed by atoms with E-state index in [1.807, 2.05) is 12.1 Å². The molecule has 3 heterocycles. The van der Waals surface area contributed by atoms with Gasteiger partial charge >= 0.3 is 0 Å². The van der Waals surface area contributed by atoms with Crippen LogP contribution < -0.4 is 0 Å². The molecular formula is C42H26N2O. The van der Waals surface area contributed by atoms with Gasteiger partial charge in [-0.2, -0.15) is 0 Å². The van der Waals surface area contributed by atoms with Gasteiger partial charge in [-0.05, 0) is 71.8 Å². The fourth-order valence-corrected chi connectivity index (χ4v) is 7.29. The average Bonchev–Trinajstić information content (AvgIpc) is 3.75. The molecule has 45 heavy (non-hydrogen) atoms. The smallest absolute Gasteiger partial charge is 0.135 e. The minimum atomic E-state index is 0.918. The molecule has 3 heteroatoms. The van der Waals surface area contributed by atoms with Crippen LogP contribution in [0.25, 0.3) is 88.1 Å². The molecule has 3 nitrogen and oxygen atoms in total. The van der Waals surface area contributed by atoms with Crippen molar-refractivity contribution in [2.75, 3.05) is 0 Å². The van der Waals surface area contributed by atoms with E-state index in [2.05, 4.69) is 155 Å². The second-order valence-corrected chi connectivity index (χ2v) is 11.8. The molecular weight excluding hydrogens is 548 g/mol. The molecule has 0 amide bonds. The third kappa shape index (κ3) is 3.52. The molecule has 10 rings (SSSR count). The standard InChI is InChI=1S/C42H26N2O/c1-6-14-38-31(9-1)32-10-2-7-15-39(32)44(38)30-22-23-34-33-11-3-5-13-37(33)43(40(34)26-30)29-20-17-27(18-21-29)28-19-24-42-36(25-28)35-12-4-8-16-41(35)45-42/h1-26H. The molecule has 0 aliphatic rings. The molecule has 0 unspecified atom stereocenters. The molecule has 0 N–H and O–H groups in total. The summed E-state index contributed by atoms with van der Waals surface area (Å²) in [5.74, 6) is 0. The maximum absolute atomic E-state index is 6.07. The van der Waals surface area contributed by atoms with Crippen molar-refractivity contribution in [1.82, 2.24) is 9.13 Å². The molecule has 0 aliphatic heterocycles. The van der Waals surface area contributed by atoms with Gasteiger partial charge in [0.1, 0.15) is 11.2 Å². The molecule has 0 fully saturated rings. The first kappa shape index (κ1) is 24.4. The van der Waals surface area contributed by atoms with Crippen LogP contribution in [-0.4, -0.2) is 9.13 Å². The van der Waals surface area contributed by atoms with Crippen molar-refractivity contribution in [3.63, 3.8) is 0 Å². The molecule has 10 aromatic rings. The van der Waals surface area contributed by atoms with Crippen LogP contribution in [0.5, 0.6) is 0 Å². The number of fused-ring (bicyclic) bond motifs is 9. The van der Waals surface area contributed by atoms with Crippen molar-refractivity contribution >= 4 is 65.6 Å². The maximum Gasteiger partial charge on any atom is 0.135 e. The van der Waals surface area contributed by atoms with E-state index in [0.29, 0.717) is 0 Å². The minimum Gasteiger partial charge on any atom is -0.456 e. The third-order valence-electron chi connectivity index (χ3n) is 9.33. The fraction of sp³-hybridized carbons (Fsp3) is 0. The van der Waals surface area contributed by atoms with Gasteiger partial charge in [-0.15, -0.1) is 0 Å². The Morgan fingerprint density at radius 3 is 1.47 bits per heavy atom. The monoisotopic (exact) mass is 574 g/mol. The Balaban J connectivity index is 1.16. The average molecular weight is 575 g/mol. The summed E-state index contributed by atoms with van der Waals surface area (Å²) in [5.41, 5.74) is 11.3. The second kappa shape index (κ2) is 9.22. The minimum absolute atomic E-state index is 0.918. The van der Waals surface area contributed by atoms with Crippen molar-refractivity contribution in [2.24, 2.45) is 0 Å². The Kier molecular flexibility index (Phi) is 5.00. The number of aromatic nitrogens is 2. The third-order valence-corrected chi connectivity index (χ3v) is 9.33. The molecule has 0 aliphatic carbocycles. The lowest BCUT2D eigenvalue weighted by Crippen LogP contribution is -1.97. The Bertz CT molecular complexity index is 2700. The van der Waals surface area contributed by atoms with E-state index in [4.69, 9.17) is 4.42 Å². The summed E-state index contributed by atoms with van der Waals surface area (Å²) in [6, 6.07) is 56.7. The van der Waals surface area contributed by atoms with E-state index in [9.17, 15) is 0 Å². The lowest BCUT2D eigenvalue weighted by molar-refractivity contribution is 0.669. The lowest BCUT2D eigenvalue weighted by Gasteiger charge is -2.12. The second-order valence-electron chi connectivity index (χ2n) is 11.8. The molecule has 3 aromatic heterocycles. The zero-order valence-corrected chi connectivity index (χ0v) is 24.3. The number of furan rings is 1. The normalized spacial score (nSPS) is 12.0. The van der Waals surface area contributed by atoms with Gasteiger partial charge in [0, 0.05) is 43.7 Å². The van der Waals surface area contributed by atoms with Crippen LogP contribution in [0.15, 0.2) is 162 Å². The lowest BCUT2D eigenvalue weighted by atomic mass is 10.0. The van der Waals surface area contributed by atoms with Gasteiger partial charge in [0.05, 0.1) is 22.1 Å². The maximum atomic E-state index is 6.07. The van der Waals surface area contributed by atoms with Crippen LogP contribution in [0.2, 0.25) is 0 Å². The quantitative estimate of drug-likeness (QED) is 0.206. The molecule has 0 atom stereocenters. The van der Waals surface area contributed by atoms with Gasteiger partial charge in [0.25, 0.3) is 0 Å². The van der Waals surface area contributed by atoms with E-state index in [1.165, 1.54) is 54.7 Å². The van der Waals surface area contributed by atoms with Crippen molar-refractivity contribution in [3.8, 4) is 22.5 Å². The van der Waals surface area contributed by atoms with Gasteiger partial charge in [-0.1, -0.05) is 97.1 Å². The topological polar surface area (TPSA) is 23.0 Å². The number of hydrogen-bond acceptors (Lipinski definition) is 1. The molecule has 210 valence electrons. The van der Waals surface area contributed by atoms with Gasteiger partial charge < -0.3 is 13.6 Å². The molecule has 0 saturated carbocycles. The van der Waals surface area contributed by atoms with E-state index >= 15 is 0 Å². The van der Waals surface area contributed by atoms with Gasteiger partial charge in [-0.25, -0.2) is 0 Å². The number of nitrogens with zero attached hydrogens (tertiary/aromatic N) is 2. The molecule has 0 bridgehead atoms. The zero-order chi connectivity index (χ0) is 29.5. The van der Waals surface area contributed by atoms with Crippen LogP contribution in [-0.2, 0) is 0 Å². The SMILES string of the molecule is c1ccc2c(c1)oc1ccc(-c3ccc(-n4c5ccccc5c5ccc(-n6c7ccccc7c7ccccc76)cc54)cc3)cc12. The Morgan fingerprint density at radius 2 is 0.800 bits per heavy atom. The highest BCUT2D eigenvalue weighted by Gasteiger charge is 2.16. The van der Waals surface area contributed by atoms with E-state index < -0.39 is 0 Å². The van der Waals surface area contributed by atoms with Crippen molar-refractivity contribution < 1.29 is 4.42 Å². The van der Waals surface area contributed by atoms with E-state index in [-0.39, 0.29) is 0 Å². The Labute approximate surface area is 258 Å². The summed E-state index contributed by atoms with van der Waals surface area (Å²) >= 11 is 0. The van der Waals surface area contributed by atoms with Crippen molar-refractivity contribution in [2.45, 2.75) is 0 Å². The highest BCUT2D eigenvalue weighted by atomic mass is 16.3. The van der Waals surface area contributed by atoms with Gasteiger partial charge in [0.15, 0.2) is 0 Å². The van der Waals surface area contributed by atoms with Crippen LogP contribution in [0.1, 0.15) is 0 Å². The molecule has 0 radical (unpaired) electrons. The van der Waals surface area contributed by atoms with Crippen LogP contribution in [0, 0.1) is 0 Å². The Hall–Kier alpha value is -6.06. The van der Waals surface area contributed by atoms with Gasteiger partial charge in [-0.3, -0.25) is 0 Å². The summed E-state index contributed by atoms with van der Waals surface area (Å²) in [4.78, 5) is 0. The summed E-state index contributed by atoms with van der Waals surface area (Å²) in [7, 11) is 0. The highest BCUT2D eigenvalue weighted by Crippen LogP contribution is 2.38. The predicted molar refractivity (Wildman–Crippen MR) is 188 cm³/mol. The summed E-state index contributed by atoms with van der Waals surface area (Å²) in [5, 5.41) is 7.33. The van der Waals surface area contributed by atoms with Crippen molar-refractivity contribution in [1.29, 1.82) is 0 Å². The van der Waals surface area contributed by atoms with Crippen LogP contribution >= 0.6 is 0 Å². The predicted octanol–water partition coefficient (Wildman–Crippen LogP) is 11.4. The van der Waals surface area contributed by atoms with Crippen LogP contribution in [0.4, 0.5) is 0 Å². The number of para-hydroxylation sites is 4. The summed E-state index contributed by atoms with van der Waals surface area (Å²) in [6.45, 7) is 0.